The molecule has 1 N–H and O–H groups in total. The van der Waals surface area contributed by atoms with Gasteiger partial charge >= 0.3 is 0 Å². The van der Waals surface area contributed by atoms with E-state index in [2.05, 4.69) is 4.98 Å². The van der Waals surface area contributed by atoms with E-state index in [1.54, 1.807) is 6.20 Å². The molecule has 0 aromatic carbocycles. The summed E-state index contributed by atoms with van der Waals surface area (Å²) in [5.74, 6) is 0.690. The van der Waals surface area contributed by atoms with Crippen LogP contribution in [-0.4, -0.2) is 27.9 Å². The van der Waals surface area contributed by atoms with Crippen LogP contribution in [0.15, 0.2) is 12.4 Å². The van der Waals surface area contributed by atoms with Gasteiger partial charge in [-0.1, -0.05) is 0 Å². The van der Waals surface area contributed by atoms with E-state index in [0.717, 1.165) is 13.2 Å². The van der Waals surface area contributed by atoms with Crippen LogP contribution >= 0.6 is 0 Å². The fraction of sp³-hybridized carbons (Fsp3) is 0.625. The van der Waals surface area contributed by atoms with Gasteiger partial charge in [0.25, 0.3) is 0 Å². The topological polar surface area (TPSA) is 47.3 Å². The SMILES string of the molecule is CCOCCn1ccnc1CO. The van der Waals surface area contributed by atoms with Gasteiger partial charge in [0.1, 0.15) is 12.4 Å². The van der Waals surface area contributed by atoms with Crippen LogP contribution in [0.4, 0.5) is 0 Å². The number of hydrogen-bond acceptors (Lipinski definition) is 3. The summed E-state index contributed by atoms with van der Waals surface area (Å²) < 4.78 is 7.06. The Morgan fingerprint density at radius 3 is 3.17 bits per heavy atom. The van der Waals surface area contributed by atoms with Crippen molar-refractivity contribution in [2.45, 2.75) is 20.1 Å². The van der Waals surface area contributed by atoms with Crippen LogP contribution in [0, 0.1) is 0 Å². The average Bonchev–Trinajstić information content (AvgIpc) is 2.52. The highest BCUT2D eigenvalue weighted by molar-refractivity contribution is 4.89. The number of aromatic nitrogens is 2. The Balaban J connectivity index is 2.39. The van der Waals surface area contributed by atoms with Gasteiger partial charge in [-0.25, -0.2) is 4.98 Å². The van der Waals surface area contributed by atoms with Crippen molar-refractivity contribution in [1.82, 2.24) is 9.55 Å². The molecule has 0 aliphatic heterocycles. The van der Waals surface area contributed by atoms with Gasteiger partial charge in [0.05, 0.1) is 6.61 Å². The van der Waals surface area contributed by atoms with Crippen molar-refractivity contribution < 1.29 is 9.84 Å². The summed E-state index contributed by atoms with van der Waals surface area (Å²) in [6, 6.07) is 0. The predicted octanol–water partition coefficient (Wildman–Crippen LogP) is 0.412. The Kier molecular flexibility index (Phi) is 3.76. The lowest BCUT2D eigenvalue weighted by molar-refractivity contribution is 0.136. The van der Waals surface area contributed by atoms with Gasteiger partial charge in [-0.3, -0.25) is 0 Å². The molecule has 12 heavy (non-hydrogen) atoms. The summed E-state index contributed by atoms with van der Waals surface area (Å²) in [5.41, 5.74) is 0. The second kappa shape index (κ2) is 4.90. The monoisotopic (exact) mass is 170 g/mol. The summed E-state index contributed by atoms with van der Waals surface area (Å²) in [5, 5.41) is 8.84. The van der Waals surface area contributed by atoms with E-state index in [-0.39, 0.29) is 6.61 Å². The van der Waals surface area contributed by atoms with Crippen molar-refractivity contribution in [3.8, 4) is 0 Å². The minimum absolute atomic E-state index is 0.0148. The molecule has 0 amide bonds. The molecule has 1 aromatic heterocycles. The van der Waals surface area contributed by atoms with Crippen LogP contribution < -0.4 is 0 Å². The largest absolute Gasteiger partial charge is 0.388 e. The molecule has 0 saturated carbocycles. The highest BCUT2D eigenvalue weighted by atomic mass is 16.5. The van der Waals surface area contributed by atoms with E-state index in [0.29, 0.717) is 12.4 Å². The molecule has 0 radical (unpaired) electrons. The molecule has 0 unspecified atom stereocenters. The first-order valence-electron chi connectivity index (χ1n) is 4.07. The Hall–Kier alpha value is -0.870. The first kappa shape index (κ1) is 9.22. The van der Waals surface area contributed by atoms with E-state index >= 15 is 0 Å². The zero-order valence-corrected chi connectivity index (χ0v) is 7.23. The number of aliphatic hydroxyl groups excluding tert-OH is 1. The summed E-state index contributed by atoms with van der Waals surface area (Å²) in [6.07, 6.45) is 3.52. The Morgan fingerprint density at radius 1 is 1.67 bits per heavy atom. The maximum atomic E-state index is 8.84. The number of hydrogen-bond donors (Lipinski definition) is 1. The quantitative estimate of drug-likeness (QED) is 0.651. The molecular weight excluding hydrogens is 156 g/mol. The minimum atomic E-state index is -0.0148. The molecule has 0 aliphatic carbocycles. The lowest BCUT2D eigenvalue weighted by atomic mass is 10.6. The van der Waals surface area contributed by atoms with Crippen molar-refractivity contribution in [3.63, 3.8) is 0 Å². The van der Waals surface area contributed by atoms with E-state index in [1.165, 1.54) is 0 Å². The molecular formula is C8H14N2O2. The van der Waals surface area contributed by atoms with E-state index in [4.69, 9.17) is 9.84 Å². The van der Waals surface area contributed by atoms with Gasteiger partial charge in [0.2, 0.25) is 0 Å². The third-order valence-electron chi connectivity index (χ3n) is 1.62. The first-order valence-corrected chi connectivity index (χ1v) is 4.07. The molecule has 68 valence electrons. The standard InChI is InChI=1S/C8H14N2O2/c1-2-12-6-5-10-4-3-9-8(10)7-11/h3-4,11H,2,5-7H2,1H3. The fourth-order valence-corrected chi connectivity index (χ4v) is 1.00. The fourth-order valence-electron chi connectivity index (χ4n) is 1.00. The van der Waals surface area contributed by atoms with E-state index in [1.807, 2.05) is 17.7 Å². The zero-order chi connectivity index (χ0) is 8.81. The summed E-state index contributed by atoms with van der Waals surface area (Å²) in [7, 11) is 0. The summed E-state index contributed by atoms with van der Waals surface area (Å²) in [4.78, 5) is 3.97. The number of aliphatic hydroxyl groups is 1. The second-order valence-corrected chi connectivity index (χ2v) is 2.39. The van der Waals surface area contributed by atoms with Gasteiger partial charge in [0, 0.05) is 25.5 Å². The third-order valence-corrected chi connectivity index (χ3v) is 1.62. The molecule has 0 aliphatic rings. The highest BCUT2D eigenvalue weighted by Gasteiger charge is 1.98. The smallest absolute Gasteiger partial charge is 0.134 e. The number of imidazole rings is 1. The normalized spacial score (nSPS) is 10.5. The average molecular weight is 170 g/mol. The van der Waals surface area contributed by atoms with Gasteiger partial charge in [-0.2, -0.15) is 0 Å². The molecule has 0 fully saturated rings. The summed E-state index contributed by atoms with van der Waals surface area (Å²) >= 11 is 0. The highest BCUT2D eigenvalue weighted by Crippen LogP contribution is 1.96. The minimum Gasteiger partial charge on any atom is -0.388 e. The van der Waals surface area contributed by atoms with Crippen LogP contribution in [0.25, 0.3) is 0 Å². The maximum absolute atomic E-state index is 8.84. The Morgan fingerprint density at radius 2 is 2.50 bits per heavy atom. The molecule has 4 heteroatoms. The third kappa shape index (κ3) is 2.32. The predicted molar refractivity (Wildman–Crippen MR) is 44.6 cm³/mol. The lowest BCUT2D eigenvalue weighted by Gasteiger charge is -2.05. The zero-order valence-electron chi connectivity index (χ0n) is 7.23. The van der Waals surface area contributed by atoms with Crippen molar-refractivity contribution in [2.75, 3.05) is 13.2 Å². The van der Waals surface area contributed by atoms with Crippen molar-refractivity contribution in [3.05, 3.63) is 18.2 Å². The number of nitrogens with zero attached hydrogens (tertiary/aromatic N) is 2. The molecule has 0 bridgehead atoms. The number of rotatable bonds is 5. The maximum Gasteiger partial charge on any atom is 0.134 e. The van der Waals surface area contributed by atoms with E-state index < -0.39 is 0 Å². The molecule has 0 saturated heterocycles. The van der Waals surface area contributed by atoms with Crippen LogP contribution in [0.5, 0.6) is 0 Å². The van der Waals surface area contributed by atoms with Crippen LogP contribution in [0.1, 0.15) is 12.7 Å². The van der Waals surface area contributed by atoms with Crippen LogP contribution in [0.3, 0.4) is 0 Å². The number of ether oxygens (including phenoxy) is 1. The van der Waals surface area contributed by atoms with Crippen LogP contribution in [0.2, 0.25) is 0 Å². The first-order chi connectivity index (χ1) is 5.88. The molecule has 1 rings (SSSR count). The Labute approximate surface area is 71.8 Å². The van der Waals surface area contributed by atoms with E-state index in [9.17, 15) is 0 Å². The molecule has 1 aromatic rings. The van der Waals surface area contributed by atoms with Gasteiger partial charge in [0.15, 0.2) is 0 Å². The second-order valence-electron chi connectivity index (χ2n) is 2.39. The van der Waals surface area contributed by atoms with Crippen molar-refractivity contribution in [1.29, 1.82) is 0 Å². The van der Waals surface area contributed by atoms with Gasteiger partial charge < -0.3 is 14.4 Å². The van der Waals surface area contributed by atoms with Crippen molar-refractivity contribution >= 4 is 0 Å². The van der Waals surface area contributed by atoms with Crippen molar-refractivity contribution in [2.24, 2.45) is 0 Å². The molecule has 4 nitrogen and oxygen atoms in total. The molecule has 0 atom stereocenters. The van der Waals surface area contributed by atoms with Gasteiger partial charge in [-0.15, -0.1) is 0 Å². The lowest BCUT2D eigenvalue weighted by Crippen LogP contribution is -2.08. The van der Waals surface area contributed by atoms with Gasteiger partial charge in [-0.05, 0) is 6.92 Å². The Bertz CT molecular complexity index is 223. The van der Waals surface area contributed by atoms with Crippen LogP contribution in [-0.2, 0) is 17.9 Å². The molecule has 0 spiro atoms. The molecule has 1 heterocycles. The summed E-state index contributed by atoms with van der Waals surface area (Å²) in [6.45, 7) is 4.09.